The van der Waals surface area contributed by atoms with Gasteiger partial charge >= 0.3 is 17.9 Å². The molecule has 2 heterocycles. The van der Waals surface area contributed by atoms with E-state index >= 15 is 0 Å². The third-order valence-electron chi connectivity index (χ3n) is 10.8. The fraction of sp³-hybridized carbons (Fsp3) is 0.357. The Morgan fingerprint density at radius 3 is 2.25 bits per heavy atom. The lowest BCUT2D eigenvalue weighted by Crippen LogP contribution is -2.65. The topological polar surface area (TPSA) is 145 Å². The van der Waals surface area contributed by atoms with Gasteiger partial charge in [0, 0.05) is 54.7 Å². The molecule has 4 aromatic carbocycles. The minimum atomic E-state index is -1.81. The maximum Gasteiger partial charge on any atom is 0.340 e. The van der Waals surface area contributed by atoms with E-state index in [0.717, 1.165) is 11.1 Å². The molecule has 0 saturated heterocycles. The predicted octanol–water partition coefficient (Wildman–Crippen LogP) is 6.45. The van der Waals surface area contributed by atoms with Gasteiger partial charge in [-0.25, -0.2) is 4.79 Å². The number of aliphatic hydroxyl groups is 1. The molecular formula is C42H39ClO12. The van der Waals surface area contributed by atoms with E-state index < -0.39 is 66.2 Å². The second-order valence-electron chi connectivity index (χ2n) is 14.1. The average Bonchev–Trinajstić information content (AvgIpc) is 3.56. The van der Waals surface area contributed by atoms with Crippen molar-refractivity contribution in [1.29, 1.82) is 0 Å². The number of esters is 3. The first-order valence-corrected chi connectivity index (χ1v) is 18.3. The molecule has 1 spiro atoms. The Hall–Kier alpha value is -5.14. The summed E-state index contributed by atoms with van der Waals surface area (Å²) in [5.41, 5.74) is -0.184. The minimum absolute atomic E-state index is 0.00118. The Kier molecular flexibility index (Phi) is 9.49. The molecule has 286 valence electrons. The lowest BCUT2D eigenvalue weighted by atomic mass is 9.80. The zero-order valence-corrected chi connectivity index (χ0v) is 31.3. The van der Waals surface area contributed by atoms with Gasteiger partial charge in [0.1, 0.15) is 31.2 Å². The van der Waals surface area contributed by atoms with Gasteiger partial charge in [0.25, 0.3) is 0 Å². The molecule has 0 radical (unpaired) electrons. The van der Waals surface area contributed by atoms with Crippen LogP contribution in [-0.4, -0.2) is 54.5 Å². The molecule has 1 N–H and O–H groups in total. The first-order valence-electron chi connectivity index (χ1n) is 17.9. The van der Waals surface area contributed by atoms with Gasteiger partial charge in [-0.1, -0.05) is 72.3 Å². The maximum atomic E-state index is 13.9. The highest BCUT2D eigenvalue weighted by molar-refractivity contribution is 6.31. The minimum Gasteiger partial charge on any atom is -0.488 e. The molecular weight excluding hydrogens is 732 g/mol. The molecule has 0 aromatic heterocycles. The van der Waals surface area contributed by atoms with Crippen LogP contribution >= 0.6 is 11.6 Å². The van der Waals surface area contributed by atoms with Crippen LogP contribution in [0, 0.1) is 6.92 Å². The van der Waals surface area contributed by atoms with E-state index in [2.05, 4.69) is 0 Å². The second-order valence-corrected chi connectivity index (χ2v) is 14.5. The van der Waals surface area contributed by atoms with Gasteiger partial charge in [-0.05, 0) is 41.8 Å². The summed E-state index contributed by atoms with van der Waals surface area (Å²) in [7, 11) is 1.36. The van der Waals surface area contributed by atoms with E-state index in [1.165, 1.54) is 21.0 Å². The molecule has 8 rings (SSSR count). The molecule has 1 saturated carbocycles. The molecule has 0 unspecified atom stereocenters. The van der Waals surface area contributed by atoms with Crippen LogP contribution in [0.5, 0.6) is 17.2 Å². The van der Waals surface area contributed by atoms with E-state index in [9.17, 15) is 19.5 Å². The summed E-state index contributed by atoms with van der Waals surface area (Å²) < 4.78 is 51.0. The summed E-state index contributed by atoms with van der Waals surface area (Å²) in [6, 6.07) is 23.7. The summed E-state index contributed by atoms with van der Waals surface area (Å²) in [6.45, 7) is 4.09. The fourth-order valence-electron chi connectivity index (χ4n) is 8.50. The molecule has 4 aliphatic rings. The Morgan fingerprint density at radius 1 is 0.927 bits per heavy atom. The van der Waals surface area contributed by atoms with Crippen molar-refractivity contribution in [3.05, 3.63) is 123 Å². The Balaban J connectivity index is 1.40. The van der Waals surface area contributed by atoms with Crippen molar-refractivity contribution in [3.8, 4) is 17.2 Å². The molecule has 1 fully saturated rings. The monoisotopic (exact) mass is 770 g/mol. The number of fused-ring (bicyclic) bond motifs is 2. The van der Waals surface area contributed by atoms with Crippen molar-refractivity contribution < 1.29 is 57.4 Å². The molecule has 4 aromatic rings. The molecule has 55 heavy (non-hydrogen) atoms. The molecule has 13 heteroatoms. The van der Waals surface area contributed by atoms with Crippen LogP contribution in [0.4, 0.5) is 0 Å². The molecule has 0 amide bonds. The second kappa shape index (κ2) is 14.2. The van der Waals surface area contributed by atoms with E-state index in [4.69, 9.17) is 49.5 Å². The van der Waals surface area contributed by atoms with Crippen molar-refractivity contribution in [3.63, 3.8) is 0 Å². The average molecular weight is 771 g/mol. The zero-order valence-electron chi connectivity index (χ0n) is 30.5. The first-order chi connectivity index (χ1) is 26.5. The number of cyclic esters (lactones) is 1. The van der Waals surface area contributed by atoms with Crippen LogP contribution in [0.2, 0.25) is 5.02 Å². The van der Waals surface area contributed by atoms with E-state index in [-0.39, 0.29) is 47.5 Å². The number of hydrogen-bond acceptors (Lipinski definition) is 12. The van der Waals surface area contributed by atoms with E-state index in [1.54, 1.807) is 25.1 Å². The maximum absolute atomic E-state index is 13.9. The zero-order chi connectivity index (χ0) is 38.6. The van der Waals surface area contributed by atoms with Crippen LogP contribution in [-0.2, 0) is 56.9 Å². The smallest absolute Gasteiger partial charge is 0.340 e. The van der Waals surface area contributed by atoms with Gasteiger partial charge in [-0.2, -0.15) is 0 Å². The summed E-state index contributed by atoms with van der Waals surface area (Å²) in [5, 5.41) is 12.5. The third-order valence-corrected chi connectivity index (χ3v) is 11.1. The number of methoxy groups -OCH3 is 1. The number of hydrogen-bond donors (Lipinski definition) is 1. The van der Waals surface area contributed by atoms with Crippen molar-refractivity contribution in [2.75, 3.05) is 13.7 Å². The molecule has 7 atom stereocenters. The van der Waals surface area contributed by atoms with E-state index in [1.807, 2.05) is 60.7 Å². The number of ether oxygens (including phenoxy) is 8. The van der Waals surface area contributed by atoms with Gasteiger partial charge in [0.15, 0.2) is 29.8 Å². The van der Waals surface area contributed by atoms with Crippen LogP contribution in [0.25, 0.3) is 0 Å². The summed E-state index contributed by atoms with van der Waals surface area (Å²) in [6.07, 6.45) is -6.02. The highest BCUT2D eigenvalue weighted by Crippen LogP contribution is 2.69. The number of benzene rings is 4. The Labute approximate surface area is 322 Å². The lowest BCUT2D eigenvalue weighted by molar-refractivity contribution is -0.234. The standard InChI is InChI=1S/C42H39ClO12/c1-22-36(50-20-26-13-9-6-10-14-26)28-17-31-37(22)55-42-34(49-19-25-11-7-5-8-12-25)18-33(46)41(42,54-31)29-15-27(16-30(43)35(29)39(42)53-24(3)45)32(52-23(2)44)21-51-40(47)38(28)48-4/h5-17,32-34,38-39,46H,18-21H2,1-4H3/t32-,33+,34-,38+,39+,41-,42-/m0/s1. The van der Waals surface area contributed by atoms with E-state index in [0.29, 0.717) is 22.3 Å². The number of carbonyl (C=O) groups excluding carboxylic acids is 3. The number of rotatable bonds is 9. The van der Waals surface area contributed by atoms with Gasteiger partial charge in [-0.15, -0.1) is 0 Å². The van der Waals surface area contributed by atoms with Crippen LogP contribution < -0.4 is 14.2 Å². The van der Waals surface area contributed by atoms with Crippen LogP contribution in [0.15, 0.2) is 78.9 Å². The van der Waals surface area contributed by atoms with Crippen molar-refractivity contribution >= 4 is 29.5 Å². The molecule has 2 aliphatic heterocycles. The largest absolute Gasteiger partial charge is 0.488 e. The third kappa shape index (κ3) is 5.90. The van der Waals surface area contributed by atoms with Gasteiger partial charge in [0.05, 0.1) is 6.61 Å². The highest BCUT2D eigenvalue weighted by atomic mass is 35.5. The molecule has 5 bridgehead atoms. The van der Waals surface area contributed by atoms with Crippen molar-refractivity contribution in [2.24, 2.45) is 0 Å². The summed E-state index contributed by atoms with van der Waals surface area (Å²) >= 11 is 7.14. The molecule has 2 aliphatic carbocycles. The summed E-state index contributed by atoms with van der Waals surface area (Å²) in [4.78, 5) is 39.4. The Morgan fingerprint density at radius 2 is 1.60 bits per heavy atom. The van der Waals surface area contributed by atoms with Crippen LogP contribution in [0.3, 0.4) is 0 Å². The first kappa shape index (κ1) is 36.8. The summed E-state index contributed by atoms with van der Waals surface area (Å²) in [5.74, 6) is -1.46. The fourth-order valence-corrected chi connectivity index (χ4v) is 8.83. The number of aliphatic hydroxyl groups excluding tert-OH is 1. The quantitative estimate of drug-likeness (QED) is 0.148. The number of halogens is 1. The van der Waals surface area contributed by atoms with Gasteiger partial charge < -0.3 is 43.0 Å². The van der Waals surface area contributed by atoms with Crippen molar-refractivity contribution in [1.82, 2.24) is 0 Å². The highest BCUT2D eigenvalue weighted by Gasteiger charge is 2.81. The normalized spacial score (nSPS) is 27.1. The number of carbonyl (C=O) groups is 3. The van der Waals surface area contributed by atoms with Crippen LogP contribution in [0.1, 0.15) is 77.5 Å². The Bertz CT molecular complexity index is 2160. The van der Waals surface area contributed by atoms with Crippen molar-refractivity contribution in [2.45, 2.75) is 82.1 Å². The van der Waals surface area contributed by atoms with Gasteiger partial charge in [0.2, 0.25) is 11.2 Å². The van der Waals surface area contributed by atoms with Gasteiger partial charge in [-0.3, -0.25) is 9.59 Å². The lowest BCUT2D eigenvalue weighted by Gasteiger charge is -2.50. The SMILES string of the molecule is CO[C@H]1C(=O)OC[C@H](OC(C)=O)c2cc(Cl)c3c(c2)[C@@]24Oc5cc1c(OCc1ccccc1)c(C)c5O[C@@]2([C@@H](OCc1ccccc1)C[C@H]4O)[C@@H]3OC(C)=O. The molecule has 12 nitrogen and oxygen atoms in total. The predicted molar refractivity (Wildman–Crippen MR) is 194 cm³/mol.